The van der Waals surface area contributed by atoms with Crippen LogP contribution in [0.4, 0.5) is 5.69 Å². The van der Waals surface area contributed by atoms with Crippen LogP contribution in [0.1, 0.15) is 12.8 Å². The Balaban J connectivity index is 1.96. The molecule has 1 aliphatic rings. The molecule has 1 saturated heterocycles. The first-order chi connectivity index (χ1) is 7.24. The summed E-state index contributed by atoms with van der Waals surface area (Å²) in [5, 5.41) is 0. The molecule has 0 saturated carbocycles. The van der Waals surface area contributed by atoms with E-state index in [1.807, 2.05) is 24.3 Å². The second kappa shape index (κ2) is 4.53. The van der Waals surface area contributed by atoms with Crippen molar-refractivity contribution in [3.8, 4) is 5.75 Å². The van der Waals surface area contributed by atoms with Gasteiger partial charge in [0.25, 0.3) is 0 Å². The van der Waals surface area contributed by atoms with E-state index >= 15 is 0 Å². The number of benzene rings is 1. The molecule has 82 valence electrons. The molecule has 0 radical (unpaired) electrons. The number of hydrogen-bond acceptors (Lipinski definition) is 3. The van der Waals surface area contributed by atoms with Gasteiger partial charge in [0.05, 0.1) is 0 Å². The summed E-state index contributed by atoms with van der Waals surface area (Å²) in [7, 11) is 2.13. The Labute approximate surface area is 90.8 Å². The van der Waals surface area contributed by atoms with E-state index in [-0.39, 0.29) is 0 Å². The number of likely N-dealkylation sites (N-methyl/N-ethyl adjacent to an activating group) is 1. The van der Waals surface area contributed by atoms with E-state index in [9.17, 15) is 0 Å². The van der Waals surface area contributed by atoms with Crippen molar-refractivity contribution in [2.24, 2.45) is 0 Å². The number of nitrogens with two attached hydrogens (primary N) is 1. The fourth-order valence-corrected chi connectivity index (χ4v) is 2.00. The average Bonchev–Trinajstić information content (AvgIpc) is 2.17. The largest absolute Gasteiger partial charge is 0.489 e. The molecule has 0 aliphatic carbocycles. The number of nitrogen functional groups attached to an aromatic ring is 1. The lowest BCUT2D eigenvalue weighted by Crippen LogP contribution is -2.38. The predicted octanol–water partition coefficient (Wildman–Crippen LogP) is 1.74. The third kappa shape index (κ3) is 2.86. The molecule has 1 aromatic carbocycles. The second-order valence-electron chi connectivity index (χ2n) is 4.22. The van der Waals surface area contributed by atoms with Crippen molar-refractivity contribution < 1.29 is 4.74 Å². The summed E-state index contributed by atoms with van der Waals surface area (Å²) < 4.78 is 5.88. The van der Waals surface area contributed by atoms with E-state index in [4.69, 9.17) is 10.5 Å². The molecule has 0 amide bonds. The van der Waals surface area contributed by atoms with Crippen LogP contribution in [0.3, 0.4) is 0 Å². The van der Waals surface area contributed by atoms with Gasteiger partial charge >= 0.3 is 0 Å². The summed E-state index contributed by atoms with van der Waals surface area (Å²) in [6, 6.07) is 7.65. The molecule has 1 atom stereocenters. The highest BCUT2D eigenvalue weighted by Crippen LogP contribution is 2.19. The third-order valence-corrected chi connectivity index (χ3v) is 2.74. The topological polar surface area (TPSA) is 38.5 Å². The Morgan fingerprint density at radius 3 is 3.07 bits per heavy atom. The number of piperidine rings is 1. The molecule has 3 nitrogen and oxygen atoms in total. The minimum atomic E-state index is 0.311. The van der Waals surface area contributed by atoms with Gasteiger partial charge in [-0.25, -0.2) is 0 Å². The summed E-state index contributed by atoms with van der Waals surface area (Å²) in [5.74, 6) is 0.885. The molecule has 1 aromatic rings. The molecular weight excluding hydrogens is 188 g/mol. The van der Waals surface area contributed by atoms with E-state index in [1.54, 1.807) is 0 Å². The highest BCUT2D eigenvalue weighted by Gasteiger charge is 2.18. The van der Waals surface area contributed by atoms with Crippen LogP contribution in [0.5, 0.6) is 5.75 Å². The molecule has 1 heterocycles. The zero-order valence-corrected chi connectivity index (χ0v) is 9.15. The maximum atomic E-state index is 5.88. The lowest BCUT2D eigenvalue weighted by atomic mass is 10.1. The number of rotatable bonds is 2. The van der Waals surface area contributed by atoms with Gasteiger partial charge in [0.1, 0.15) is 11.9 Å². The molecule has 3 heteroatoms. The number of anilines is 1. The molecular formula is C12H18N2O. The maximum Gasteiger partial charge on any atom is 0.121 e. The SMILES string of the molecule is CN1CCCC(Oc2cccc(N)c2)C1. The van der Waals surface area contributed by atoms with Crippen molar-refractivity contribution in [3.63, 3.8) is 0 Å². The lowest BCUT2D eigenvalue weighted by Gasteiger charge is -2.30. The van der Waals surface area contributed by atoms with E-state index in [1.165, 1.54) is 13.0 Å². The van der Waals surface area contributed by atoms with Crippen LogP contribution in [-0.2, 0) is 0 Å². The second-order valence-corrected chi connectivity index (χ2v) is 4.22. The van der Waals surface area contributed by atoms with Crippen LogP contribution >= 0.6 is 0 Å². The van der Waals surface area contributed by atoms with Crippen LogP contribution in [0.2, 0.25) is 0 Å². The molecule has 2 N–H and O–H groups in total. The fraction of sp³-hybridized carbons (Fsp3) is 0.500. The minimum Gasteiger partial charge on any atom is -0.489 e. The van der Waals surface area contributed by atoms with Crippen molar-refractivity contribution in [2.45, 2.75) is 18.9 Å². The Kier molecular flexibility index (Phi) is 3.11. The average molecular weight is 206 g/mol. The number of nitrogens with zero attached hydrogens (tertiary/aromatic N) is 1. The molecule has 0 aromatic heterocycles. The Morgan fingerprint density at radius 1 is 1.47 bits per heavy atom. The quantitative estimate of drug-likeness (QED) is 0.749. The zero-order chi connectivity index (χ0) is 10.7. The van der Waals surface area contributed by atoms with Gasteiger partial charge in [0.15, 0.2) is 0 Å². The Morgan fingerprint density at radius 2 is 2.33 bits per heavy atom. The van der Waals surface area contributed by atoms with E-state index in [0.29, 0.717) is 6.10 Å². The third-order valence-electron chi connectivity index (χ3n) is 2.74. The molecule has 0 bridgehead atoms. The molecule has 0 spiro atoms. The van der Waals surface area contributed by atoms with Crippen molar-refractivity contribution in [2.75, 3.05) is 25.9 Å². The first-order valence-corrected chi connectivity index (χ1v) is 5.45. The minimum absolute atomic E-state index is 0.311. The standard InChI is InChI=1S/C12H18N2O/c1-14-7-3-6-12(9-14)15-11-5-2-4-10(13)8-11/h2,4-5,8,12H,3,6-7,9,13H2,1H3. The highest BCUT2D eigenvalue weighted by molar-refractivity contribution is 5.43. The van der Waals surface area contributed by atoms with Crippen LogP contribution in [-0.4, -0.2) is 31.1 Å². The summed E-state index contributed by atoms with van der Waals surface area (Å²) in [6.07, 6.45) is 2.66. The van der Waals surface area contributed by atoms with Crippen molar-refractivity contribution in [1.29, 1.82) is 0 Å². The normalized spacial score (nSPS) is 22.6. The predicted molar refractivity (Wildman–Crippen MR) is 62.0 cm³/mol. The zero-order valence-electron chi connectivity index (χ0n) is 9.15. The van der Waals surface area contributed by atoms with E-state index < -0.39 is 0 Å². The molecule has 2 rings (SSSR count). The molecule has 1 aliphatic heterocycles. The van der Waals surface area contributed by atoms with Crippen molar-refractivity contribution in [1.82, 2.24) is 4.90 Å². The van der Waals surface area contributed by atoms with Crippen LogP contribution in [0.15, 0.2) is 24.3 Å². The highest BCUT2D eigenvalue weighted by atomic mass is 16.5. The van der Waals surface area contributed by atoms with Crippen molar-refractivity contribution >= 4 is 5.69 Å². The van der Waals surface area contributed by atoms with Gasteiger partial charge < -0.3 is 15.4 Å². The van der Waals surface area contributed by atoms with Crippen LogP contribution in [0, 0.1) is 0 Å². The fourth-order valence-electron chi connectivity index (χ4n) is 2.00. The van der Waals surface area contributed by atoms with Gasteiger partial charge in [-0.2, -0.15) is 0 Å². The van der Waals surface area contributed by atoms with Gasteiger partial charge in [0.2, 0.25) is 0 Å². The smallest absolute Gasteiger partial charge is 0.121 e. The molecule has 15 heavy (non-hydrogen) atoms. The van der Waals surface area contributed by atoms with Gasteiger partial charge in [-0.3, -0.25) is 0 Å². The van der Waals surface area contributed by atoms with Crippen LogP contribution < -0.4 is 10.5 Å². The Bertz CT molecular complexity index is 327. The number of likely N-dealkylation sites (tertiary alicyclic amines) is 1. The monoisotopic (exact) mass is 206 g/mol. The Hall–Kier alpha value is -1.22. The van der Waals surface area contributed by atoms with Gasteiger partial charge in [-0.1, -0.05) is 6.07 Å². The molecule has 1 unspecified atom stereocenters. The maximum absolute atomic E-state index is 5.88. The summed E-state index contributed by atoms with van der Waals surface area (Å²) in [4.78, 5) is 2.31. The first-order valence-electron chi connectivity index (χ1n) is 5.45. The summed E-state index contributed by atoms with van der Waals surface area (Å²) in [5.41, 5.74) is 6.46. The van der Waals surface area contributed by atoms with E-state index in [2.05, 4.69) is 11.9 Å². The van der Waals surface area contributed by atoms with Gasteiger partial charge in [-0.05, 0) is 38.6 Å². The molecule has 1 fully saturated rings. The van der Waals surface area contributed by atoms with Crippen molar-refractivity contribution in [3.05, 3.63) is 24.3 Å². The van der Waals surface area contributed by atoms with Gasteiger partial charge in [-0.15, -0.1) is 0 Å². The summed E-state index contributed by atoms with van der Waals surface area (Å²) in [6.45, 7) is 2.19. The first kappa shape index (κ1) is 10.3. The van der Waals surface area contributed by atoms with Gasteiger partial charge in [0, 0.05) is 18.3 Å². The van der Waals surface area contributed by atoms with E-state index in [0.717, 1.165) is 24.4 Å². The number of hydrogen-bond donors (Lipinski definition) is 1. The number of ether oxygens (including phenoxy) is 1. The lowest BCUT2D eigenvalue weighted by molar-refractivity contribution is 0.104. The summed E-state index contributed by atoms with van der Waals surface area (Å²) >= 11 is 0. The van der Waals surface area contributed by atoms with Crippen LogP contribution in [0.25, 0.3) is 0 Å².